The summed E-state index contributed by atoms with van der Waals surface area (Å²) in [4.78, 5) is 2.51. The molecule has 5 heteroatoms. The van der Waals surface area contributed by atoms with E-state index in [9.17, 15) is 0 Å². The van der Waals surface area contributed by atoms with Crippen LogP contribution < -0.4 is 5.73 Å². The van der Waals surface area contributed by atoms with Crippen LogP contribution in [-0.2, 0) is 9.47 Å². The minimum Gasteiger partial charge on any atom is -0.380 e. The molecule has 114 valence electrons. The monoisotopic (exact) mass is 290 g/mol. The summed E-state index contributed by atoms with van der Waals surface area (Å²) in [7, 11) is 0. The summed E-state index contributed by atoms with van der Waals surface area (Å²) < 4.78 is 11.0. The van der Waals surface area contributed by atoms with Gasteiger partial charge < -0.3 is 15.2 Å². The Morgan fingerprint density at radius 2 is 1.58 bits per heavy atom. The number of hydrogen-bond acceptors (Lipinski definition) is 5. The summed E-state index contributed by atoms with van der Waals surface area (Å²) in [6, 6.07) is 0. The second kappa shape index (κ2) is 10.00. The first kappa shape index (κ1) is 17.2. The average Bonchev–Trinajstić information content (AvgIpc) is 2.46. The molecule has 0 atom stereocenters. The van der Waals surface area contributed by atoms with E-state index in [1.165, 1.54) is 24.3 Å². The van der Waals surface area contributed by atoms with Gasteiger partial charge in [0.25, 0.3) is 0 Å². The third-order valence-electron chi connectivity index (χ3n) is 3.89. The summed E-state index contributed by atoms with van der Waals surface area (Å²) in [5.41, 5.74) is 6.28. The summed E-state index contributed by atoms with van der Waals surface area (Å²) in [6.07, 6.45) is 2.37. The fourth-order valence-electron chi connectivity index (χ4n) is 2.63. The predicted molar refractivity (Wildman–Crippen MR) is 82.9 cm³/mol. The van der Waals surface area contributed by atoms with Crippen LogP contribution in [0.3, 0.4) is 0 Å². The highest BCUT2D eigenvalue weighted by atomic mass is 32.2. The van der Waals surface area contributed by atoms with E-state index in [-0.39, 0.29) is 5.54 Å². The summed E-state index contributed by atoms with van der Waals surface area (Å²) in [6.45, 7) is 9.89. The first-order valence-electron chi connectivity index (χ1n) is 7.47. The molecule has 1 aliphatic heterocycles. The van der Waals surface area contributed by atoms with Crippen molar-refractivity contribution < 1.29 is 9.47 Å². The first-order chi connectivity index (χ1) is 9.29. The van der Waals surface area contributed by atoms with E-state index in [4.69, 9.17) is 15.2 Å². The zero-order valence-corrected chi connectivity index (χ0v) is 13.3. The van der Waals surface area contributed by atoms with E-state index in [0.29, 0.717) is 0 Å². The van der Waals surface area contributed by atoms with Crippen LogP contribution in [0.2, 0.25) is 0 Å². The Hall–Kier alpha value is 0.190. The van der Waals surface area contributed by atoms with Gasteiger partial charge in [-0.1, -0.05) is 0 Å². The fraction of sp³-hybridized carbons (Fsp3) is 1.00. The lowest BCUT2D eigenvalue weighted by Gasteiger charge is -2.45. The Balaban J connectivity index is 2.56. The third kappa shape index (κ3) is 5.60. The van der Waals surface area contributed by atoms with Crippen molar-refractivity contribution in [2.75, 3.05) is 57.6 Å². The SMILES string of the molecule is CCOCCN(CCOCC)C1(CN)CCSCC1. The van der Waals surface area contributed by atoms with Crippen LogP contribution in [0, 0.1) is 0 Å². The Bertz CT molecular complexity index is 213. The first-order valence-corrected chi connectivity index (χ1v) is 8.63. The predicted octanol–water partition coefficient (Wildman–Crippen LogP) is 1.59. The molecule has 0 spiro atoms. The number of hydrogen-bond donors (Lipinski definition) is 1. The maximum Gasteiger partial charge on any atom is 0.0593 e. The molecule has 0 bridgehead atoms. The quantitative estimate of drug-likeness (QED) is 0.619. The van der Waals surface area contributed by atoms with Gasteiger partial charge in [0, 0.05) is 38.4 Å². The fourth-order valence-corrected chi connectivity index (χ4v) is 3.88. The topological polar surface area (TPSA) is 47.7 Å². The highest BCUT2D eigenvalue weighted by Crippen LogP contribution is 2.31. The van der Waals surface area contributed by atoms with Gasteiger partial charge in [0.1, 0.15) is 0 Å². The number of nitrogens with two attached hydrogens (primary N) is 1. The Kier molecular flexibility index (Phi) is 9.07. The molecule has 1 rings (SSSR count). The second-order valence-corrected chi connectivity index (χ2v) is 6.15. The molecule has 1 aliphatic rings. The zero-order valence-electron chi connectivity index (χ0n) is 12.5. The molecule has 19 heavy (non-hydrogen) atoms. The van der Waals surface area contributed by atoms with Gasteiger partial charge in [-0.25, -0.2) is 0 Å². The number of thioether (sulfide) groups is 1. The maximum atomic E-state index is 6.12. The van der Waals surface area contributed by atoms with Crippen LogP contribution in [0.1, 0.15) is 26.7 Å². The zero-order chi connectivity index (χ0) is 14.0. The number of rotatable bonds is 10. The highest BCUT2D eigenvalue weighted by molar-refractivity contribution is 7.99. The van der Waals surface area contributed by atoms with Crippen molar-refractivity contribution in [1.29, 1.82) is 0 Å². The van der Waals surface area contributed by atoms with Crippen molar-refractivity contribution in [3.63, 3.8) is 0 Å². The minimum absolute atomic E-state index is 0.166. The van der Waals surface area contributed by atoms with Crippen LogP contribution in [-0.4, -0.2) is 68.0 Å². The van der Waals surface area contributed by atoms with E-state index < -0.39 is 0 Å². The van der Waals surface area contributed by atoms with E-state index in [1.807, 2.05) is 25.6 Å². The largest absolute Gasteiger partial charge is 0.380 e. The maximum absolute atomic E-state index is 6.12. The number of nitrogens with zero attached hydrogens (tertiary/aromatic N) is 1. The number of ether oxygens (including phenoxy) is 2. The third-order valence-corrected chi connectivity index (χ3v) is 4.88. The molecule has 0 radical (unpaired) electrons. The van der Waals surface area contributed by atoms with Gasteiger partial charge >= 0.3 is 0 Å². The average molecular weight is 290 g/mol. The van der Waals surface area contributed by atoms with Crippen molar-refractivity contribution in [1.82, 2.24) is 4.90 Å². The molecule has 0 saturated carbocycles. The van der Waals surface area contributed by atoms with E-state index in [2.05, 4.69) is 4.90 Å². The van der Waals surface area contributed by atoms with E-state index >= 15 is 0 Å². The van der Waals surface area contributed by atoms with Crippen molar-refractivity contribution in [3.8, 4) is 0 Å². The summed E-state index contributed by atoms with van der Waals surface area (Å²) in [5.74, 6) is 2.44. The normalized spacial score (nSPS) is 18.9. The smallest absolute Gasteiger partial charge is 0.0593 e. The van der Waals surface area contributed by atoms with Gasteiger partial charge in [-0.2, -0.15) is 11.8 Å². The lowest BCUT2D eigenvalue weighted by Crippen LogP contribution is -2.57. The molecule has 0 aromatic carbocycles. The van der Waals surface area contributed by atoms with Crippen LogP contribution >= 0.6 is 11.8 Å². The van der Waals surface area contributed by atoms with Crippen molar-refractivity contribution in [2.45, 2.75) is 32.2 Å². The summed E-state index contributed by atoms with van der Waals surface area (Å²) in [5, 5.41) is 0. The standard InChI is InChI=1S/C14H30N2O2S/c1-3-17-9-7-16(8-10-18-4-2)14(13-15)5-11-19-12-6-14/h3-13,15H2,1-2H3. The minimum atomic E-state index is 0.166. The van der Waals surface area contributed by atoms with Crippen LogP contribution in [0.15, 0.2) is 0 Å². The molecule has 0 unspecified atom stereocenters. The van der Waals surface area contributed by atoms with Crippen LogP contribution in [0.5, 0.6) is 0 Å². The van der Waals surface area contributed by atoms with Crippen molar-refractivity contribution >= 4 is 11.8 Å². The summed E-state index contributed by atoms with van der Waals surface area (Å²) >= 11 is 2.04. The van der Waals surface area contributed by atoms with Crippen LogP contribution in [0.4, 0.5) is 0 Å². The Morgan fingerprint density at radius 1 is 1.05 bits per heavy atom. The van der Waals surface area contributed by atoms with Crippen LogP contribution in [0.25, 0.3) is 0 Å². The van der Waals surface area contributed by atoms with Crippen molar-refractivity contribution in [2.24, 2.45) is 5.73 Å². The lowest BCUT2D eigenvalue weighted by molar-refractivity contribution is 0.0182. The molecule has 1 saturated heterocycles. The van der Waals surface area contributed by atoms with Gasteiger partial charge in [-0.15, -0.1) is 0 Å². The Morgan fingerprint density at radius 3 is 2.00 bits per heavy atom. The van der Waals surface area contributed by atoms with Gasteiger partial charge in [-0.05, 0) is 38.2 Å². The van der Waals surface area contributed by atoms with Gasteiger partial charge in [0.2, 0.25) is 0 Å². The van der Waals surface area contributed by atoms with E-state index in [0.717, 1.165) is 46.1 Å². The van der Waals surface area contributed by atoms with Gasteiger partial charge in [-0.3, -0.25) is 4.90 Å². The molecule has 4 nitrogen and oxygen atoms in total. The molecule has 0 aromatic heterocycles. The molecule has 0 aliphatic carbocycles. The highest BCUT2D eigenvalue weighted by Gasteiger charge is 2.36. The molecule has 1 fully saturated rings. The molecule has 1 heterocycles. The Labute approximate surface area is 122 Å². The lowest BCUT2D eigenvalue weighted by atomic mass is 9.90. The van der Waals surface area contributed by atoms with Crippen molar-refractivity contribution in [3.05, 3.63) is 0 Å². The molecule has 2 N–H and O–H groups in total. The van der Waals surface area contributed by atoms with Gasteiger partial charge in [0.15, 0.2) is 0 Å². The molecular formula is C14H30N2O2S. The van der Waals surface area contributed by atoms with Gasteiger partial charge in [0.05, 0.1) is 13.2 Å². The second-order valence-electron chi connectivity index (χ2n) is 4.92. The molecular weight excluding hydrogens is 260 g/mol. The molecule has 0 aromatic rings. The van der Waals surface area contributed by atoms with E-state index in [1.54, 1.807) is 0 Å². The molecule has 0 amide bonds.